The standard InChI is InChI=1S/C24H21N3O4/c1-30-20-9-8-14(12-21(20)31-2)15-10-17-18(19(28)11-15)13-25-23-22(17)24(29)27(26-23)16-6-4-3-5-7-16/h3-9,12-13,15H,10-11H2,1-2H3,(H,25,26)/t15-/m0/s1. The maximum atomic E-state index is 13.3. The number of hydrogen-bond donors (Lipinski definition) is 1. The Morgan fingerprint density at radius 1 is 1.00 bits per heavy atom. The van der Waals surface area contributed by atoms with E-state index < -0.39 is 0 Å². The van der Waals surface area contributed by atoms with E-state index in [2.05, 4.69) is 10.1 Å². The van der Waals surface area contributed by atoms with Crippen LogP contribution in [-0.2, 0) is 6.42 Å². The summed E-state index contributed by atoms with van der Waals surface area (Å²) in [6.45, 7) is 0. The molecule has 2 aromatic heterocycles. The van der Waals surface area contributed by atoms with Gasteiger partial charge in [-0.2, -0.15) is 0 Å². The van der Waals surface area contributed by atoms with Gasteiger partial charge in [0.1, 0.15) is 0 Å². The van der Waals surface area contributed by atoms with Gasteiger partial charge in [-0.15, -0.1) is 0 Å². The molecule has 0 saturated heterocycles. The molecule has 2 heterocycles. The number of ketones is 1. The summed E-state index contributed by atoms with van der Waals surface area (Å²) in [6.07, 6.45) is 2.50. The number of nitrogens with zero attached hydrogens (tertiary/aromatic N) is 2. The third kappa shape index (κ3) is 3.09. The van der Waals surface area contributed by atoms with E-state index in [9.17, 15) is 9.59 Å². The fraction of sp³-hybridized carbons (Fsp3) is 0.208. The predicted octanol–water partition coefficient (Wildman–Crippen LogP) is 3.64. The van der Waals surface area contributed by atoms with Crippen molar-refractivity contribution in [1.29, 1.82) is 0 Å². The van der Waals surface area contributed by atoms with Gasteiger partial charge < -0.3 is 9.47 Å². The SMILES string of the molecule is COc1ccc([C@@H]2CC(=O)c3cnc4[nH]n(-c5ccccc5)c(=O)c4c3C2)cc1OC. The second kappa shape index (κ2) is 7.43. The third-order valence-electron chi connectivity index (χ3n) is 5.90. The Kier molecular flexibility index (Phi) is 4.58. The van der Waals surface area contributed by atoms with Crippen LogP contribution in [0.5, 0.6) is 11.5 Å². The molecule has 0 aliphatic heterocycles. The first-order chi connectivity index (χ1) is 15.1. The zero-order valence-corrected chi connectivity index (χ0v) is 17.2. The number of H-pyrrole nitrogens is 1. The van der Waals surface area contributed by atoms with Crippen molar-refractivity contribution in [3.05, 3.63) is 81.8 Å². The van der Waals surface area contributed by atoms with E-state index in [1.807, 2.05) is 48.5 Å². The minimum atomic E-state index is -0.202. The summed E-state index contributed by atoms with van der Waals surface area (Å²) in [4.78, 5) is 30.6. The number of ether oxygens (including phenoxy) is 2. The zero-order chi connectivity index (χ0) is 21.5. The molecule has 1 N–H and O–H groups in total. The molecule has 0 fully saturated rings. The molecular formula is C24H21N3O4. The summed E-state index contributed by atoms with van der Waals surface area (Å²) in [6, 6.07) is 15.0. The highest BCUT2D eigenvalue weighted by Gasteiger charge is 2.30. The van der Waals surface area contributed by atoms with Gasteiger partial charge in [-0.3, -0.25) is 14.7 Å². The van der Waals surface area contributed by atoms with E-state index in [1.54, 1.807) is 20.4 Å². The first-order valence-corrected chi connectivity index (χ1v) is 10.0. The Labute approximate surface area is 178 Å². The second-order valence-electron chi connectivity index (χ2n) is 7.60. The minimum absolute atomic E-state index is 0.0118. The molecule has 0 unspecified atom stereocenters. The summed E-state index contributed by atoms with van der Waals surface area (Å²) in [5.41, 5.74) is 3.25. The lowest BCUT2D eigenvalue weighted by molar-refractivity contribution is 0.0964. The van der Waals surface area contributed by atoms with Crippen LogP contribution in [0.4, 0.5) is 0 Å². The minimum Gasteiger partial charge on any atom is -0.493 e. The number of para-hydroxylation sites is 1. The number of rotatable bonds is 4. The summed E-state index contributed by atoms with van der Waals surface area (Å²) in [5, 5.41) is 3.55. The number of methoxy groups -OCH3 is 2. The van der Waals surface area contributed by atoms with Crippen LogP contribution in [0.2, 0.25) is 0 Å². The van der Waals surface area contributed by atoms with Gasteiger partial charge in [0.2, 0.25) is 0 Å². The van der Waals surface area contributed by atoms with Gasteiger partial charge in [0.15, 0.2) is 22.9 Å². The van der Waals surface area contributed by atoms with E-state index in [4.69, 9.17) is 9.47 Å². The lowest BCUT2D eigenvalue weighted by atomic mass is 9.79. The smallest absolute Gasteiger partial charge is 0.281 e. The van der Waals surface area contributed by atoms with Gasteiger partial charge in [0, 0.05) is 18.2 Å². The molecule has 0 bridgehead atoms. The molecule has 5 rings (SSSR count). The van der Waals surface area contributed by atoms with Crippen LogP contribution in [0.1, 0.15) is 33.8 Å². The topological polar surface area (TPSA) is 86.2 Å². The molecule has 1 aliphatic rings. The maximum absolute atomic E-state index is 13.3. The predicted molar refractivity (Wildman–Crippen MR) is 117 cm³/mol. The van der Waals surface area contributed by atoms with E-state index in [0.717, 1.165) is 16.8 Å². The Morgan fingerprint density at radius 2 is 1.77 bits per heavy atom. The van der Waals surface area contributed by atoms with E-state index >= 15 is 0 Å². The Balaban J connectivity index is 1.63. The maximum Gasteiger partial charge on any atom is 0.281 e. The van der Waals surface area contributed by atoms with Crippen molar-refractivity contribution in [1.82, 2.24) is 14.8 Å². The Bertz CT molecular complexity index is 1350. The lowest BCUT2D eigenvalue weighted by Crippen LogP contribution is -2.22. The molecular weight excluding hydrogens is 394 g/mol. The van der Waals surface area contributed by atoms with Gasteiger partial charge in [0.25, 0.3) is 5.56 Å². The van der Waals surface area contributed by atoms with Crippen molar-refractivity contribution in [2.45, 2.75) is 18.8 Å². The molecule has 7 nitrogen and oxygen atoms in total. The van der Waals surface area contributed by atoms with Gasteiger partial charge in [0.05, 0.1) is 25.3 Å². The number of carbonyl (C=O) groups is 1. The zero-order valence-electron chi connectivity index (χ0n) is 17.2. The summed E-state index contributed by atoms with van der Waals surface area (Å²) >= 11 is 0. The molecule has 0 amide bonds. The van der Waals surface area contributed by atoms with E-state index in [0.29, 0.717) is 40.9 Å². The number of aromatic nitrogens is 3. The highest BCUT2D eigenvalue weighted by molar-refractivity contribution is 6.02. The first kappa shape index (κ1) is 19.1. The van der Waals surface area contributed by atoms with Crippen LogP contribution in [0, 0.1) is 0 Å². The molecule has 1 aliphatic carbocycles. The lowest BCUT2D eigenvalue weighted by Gasteiger charge is -2.24. The average molecular weight is 415 g/mol. The number of benzene rings is 2. The highest BCUT2D eigenvalue weighted by Crippen LogP contribution is 2.38. The highest BCUT2D eigenvalue weighted by atomic mass is 16.5. The van der Waals surface area contributed by atoms with Gasteiger partial charge in [-0.25, -0.2) is 9.67 Å². The molecule has 4 aromatic rings. The molecule has 0 radical (unpaired) electrons. The molecule has 1 atom stereocenters. The fourth-order valence-corrected chi connectivity index (χ4v) is 4.34. The number of aromatic amines is 1. The molecule has 156 valence electrons. The van der Waals surface area contributed by atoms with Crippen LogP contribution >= 0.6 is 0 Å². The van der Waals surface area contributed by atoms with Crippen molar-refractivity contribution in [3.63, 3.8) is 0 Å². The van der Waals surface area contributed by atoms with Gasteiger partial charge >= 0.3 is 0 Å². The molecule has 7 heteroatoms. The van der Waals surface area contributed by atoms with Crippen LogP contribution in [0.25, 0.3) is 16.7 Å². The quantitative estimate of drug-likeness (QED) is 0.550. The third-order valence-corrected chi connectivity index (χ3v) is 5.90. The largest absolute Gasteiger partial charge is 0.493 e. The summed E-state index contributed by atoms with van der Waals surface area (Å²) in [7, 11) is 3.18. The van der Waals surface area contributed by atoms with Crippen LogP contribution < -0.4 is 15.0 Å². The molecule has 0 saturated carbocycles. The van der Waals surface area contributed by atoms with Crippen molar-refractivity contribution in [2.75, 3.05) is 14.2 Å². The van der Waals surface area contributed by atoms with Crippen LogP contribution in [0.3, 0.4) is 0 Å². The van der Waals surface area contributed by atoms with E-state index in [1.165, 1.54) is 4.68 Å². The summed E-state index contributed by atoms with van der Waals surface area (Å²) in [5.74, 6) is 1.18. The number of nitrogens with one attached hydrogen (secondary N) is 1. The molecule has 31 heavy (non-hydrogen) atoms. The number of Topliss-reactive ketones (excluding diaryl/α,β-unsaturated/α-hetero) is 1. The number of hydrogen-bond acceptors (Lipinski definition) is 5. The first-order valence-electron chi connectivity index (χ1n) is 10.0. The second-order valence-corrected chi connectivity index (χ2v) is 7.60. The van der Waals surface area contributed by atoms with Crippen LogP contribution in [0.15, 0.2) is 59.5 Å². The van der Waals surface area contributed by atoms with Gasteiger partial charge in [-0.05, 0) is 47.7 Å². The monoisotopic (exact) mass is 415 g/mol. The van der Waals surface area contributed by atoms with Crippen LogP contribution in [-0.4, -0.2) is 34.8 Å². The van der Waals surface area contributed by atoms with Crippen molar-refractivity contribution in [2.24, 2.45) is 0 Å². The fourth-order valence-electron chi connectivity index (χ4n) is 4.34. The normalized spacial score (nSPS) is 15.7. The van der Waals surface area contributed by atoms with Crippen molar-refractivity contribution in [3.8, 4) is 17.2 Å². The molecule has 2 aromatic carbocycles. The Hall–Kier alpha value is -3.87. The number of pyridine rings is 1. The van der Waals surface area contributed by atoms with Gasteiger partial charge in [-0.1, -0.05) is 24.3 Å². The number of fused-ring (bicyclic) bond motifs is 3. The number of carbonyl (C=O) groups excluding carboxylic acids is 1. The average Bonchev–Trinajstić information content (AvgIpc) is 3.16. The Morgan fingerprint density at radius 3 is 2.52 bits per heavy atom. The summed E-state index contributed by atoms with van der Waals surface area (Å²) < 4.78 is 12.2. The van der Waals surface area contributed by atoms with Crippen molar-refractivity contribution >= 4 is 16.8 Å². The molecule has 0 spiro atoms. The van der Waals surface area contributed by atoms with E-state index in [-0.39, 0.29) is 17.3 Å². The van der Waals surface area contributed by atoms with Crippen molar-refractivity contribution < 1.29 is 14.3 Å².